The first-order valence-electron chi connectivity index (χ1n) is 7.15. The van der Waals surface area contributed by atoms with Gasteiger partial charge in [0.15, 0.2) is 0 Å². The first-order chi connectivity index (χ1) is 8.98. The maximum Gasteiger partial charge on any atom is 0.235 e. The Bertz CT molecular complexity index is 387. The summed E-state index contributed by atoms with van der Waals surface area (Å²) < 4.78 is 0. The lowest BCUT2D eigenvalue weighted by Crippen LogP contribution is -2.50. The van der Waals surface area contributed by atoms with Crippen LogP contribution >= 0.6 is 0 Å². The van der Waals surface area contributed by atoms with Crippen LogP contribution in [0, 0.1) is 23.2 Å². The van der Waals surface area contributed by atoms with Gasteiger partial charge in [-0.1, -0.05) is 0 Å². The molecule has 3 atom stereocenters. The fourth-order valence-corrected chi connectivity index (χ4v) is 3.00. The van der Waals surface area contributed by atoms with Crippen molar-refractivity contribution in [2.75, 3.05) is 19.6 Å². The topological polar surface area (TPSA) is 82.2 Å². The molecule has 0 radical (unpaired) electrons. The van der Waals surface area contributed by atoms with Gasteiger partial charge in [0.05, 0.1) is 12.6 Å². The molecule has 1 amide bonds. The lowest BCUT2D eigenvalue weighted by Gasteiger charge is -2.26. The first kappa shape index (κ1) is 14.3. The summed E-state index contributed by atoms with van der Waals surface area (Å²) in [5.74, 6) is 0.781. The zero-order chi connectivity index (χ0) is 14.0. The summed E-state index contributed by atoms with van der Waals surface area (Å²) in [6.07, 6.45) is 3.14. The van der Waals surface area contributed by atoms with E-state index in [1.54, 1.807) is 0 Å². The second-order valence-corrected chi connectivity index (χ2v) is 6.25. The van der Waals surface area contributed by atoms with Crippen LogP contribution in [0.1, 0.15) is 33.1 Å². The van der Waals surface area contributed by atoms with E-state index in [1.165, 1.54) is 0 Å². The fourth-order valence-electron chi connectivity index (χ4n) is 3.00. The number of rotatable bonds is 5. The number of carbonyl (C=O) groups is 1. The van der Waals surface area contributed by atoms with Crippen LogP contribution in [0.2, 0.25) is 0 Å². The highest BCUT2D eigenvalue weighted by atomic mass is 16.2. The number of nitriles is 1. The molecule has 0 bridgehead atoms. The van der Waals surface area contributed by atoms with Gasteiger partial charge in [0.1, 0.15) is 5.54 Å². The maximum atomic E-state index is 12.1. The molecule has 0 aromatic heterocycles. The minimum Gasteiger partial charge on any atom is -0.337 e. The maximum absolute atomic E-state index is 12.1. The van der Waals surface area contributed by atoms with Crippen molar-refractivity contribution in [3.8, 4) is 6.07 Å². The normalized spacial score (nSPS) is 30.6. The van der Waals surface area contributed by atoms with Crippen LogP contribution in [-0.4, -0.2) is 42.0 Å². The van der Waals surface area contributed by atoms with E-state index in [2.05, 4.69) is 23.2 Å². The van der Waals surface area contributed by atoms with E-state index in [1.807, 2.05) is 6.92 Å². The van der Waals surface area contributed by atoms with Crippen LogP contribution in [0.25, 0.3) is 0 Å². The number of nitrogens with zero attached hydrogens (tertiary/aromatic N) is 2. The monoisotopic (exact) mass is 264 g/mol. The van der Waals surface area contributed by atoms with Crippen LogP contribution < -0.4 is 11.1 Å². The Hall–Kier alpha value is -1.12. The van der Waals surface area contributed by atoms with Gasteiger partial charge in [0.2, 0.25) is 5.91 Å². The molecular weight excluding hydrogens is 240 g/mol. The van der Waals surface area contributed by atoms with Crippen LogP contribution in [0.15, 0.2) is 0 Å². The van der Waals surface area contributed by atoms with Crippen molar-refractivity contribution in [1.82, 2.24) is 10.2 Å². The van der Waals surface area contributed by atoms with E-state index in [0.29, 0.717) is 31.0 Å². The van der Waals surface area contributed by atoms with Crippen molar-refractivity contribution >= 4 is 5.91 Å². The van der Waals surface area contributed by atoms with Crippen LogP contribution in [0.4, 0.5) is 0 Å². The molecule has 5 nitrogen and oxygen atoms in total. The van der Waals surface area contributed by atoms with Crippen LogP contribution in [0.3, 0.4) is 0 Å². The van der Waals surface area contributed by atoms with Crippen molar-refractivity contribution in [2.24, 2.45) is 17.6 Å². The minimum absolute atomic E-state index is 0.0412. The molecule has 19 heavy (non-hydrogen) atoms. The standard InChI is InChI=1S/C14H24N4O/c1-10-5-11(6-15)7-18(10)8-13(19)17-14(2,9-16)12-3-4-12/h10-12H,3-8,15H2,1-2H3,(H,17,19). The second-order valence-electron chi connectivity index (χ2n) is 6.25. The SMILES string of the molecule is CC1CC(CN)CN1CC(=O)NC(C)(C#N)C1CC1. The first-order valence-corrected chi connectivity index (χ1v) is 7.15. The van der Waals surface area contributed by atoms with Crippen molar-refractivity contribution in [2.45, 2.75) is 44.7 Å². The Morgan fingerprint density at radius 1 is 1.58 bits per heavy atom. The molecule has 5 heteroatoms. The van der Waals surface area contributed by atoms with Crippen molar-refractivity contribution in [3.63, 3.8) is 0 Å². The van der Waals surface area contributed by atoms with Crippen molar-refractivity contribution < 1.29 is 4.79 Å². The Labute approximate surface area is 115 Å². The lowest BCUT2D eigenvalue weighted by atomic mass is 9.98. The minimum atomic E-state index is -0.687. The lowest BCUT2D eigenvalue weighted by molar-refractivity contribution is -0.123. The molecule has 1 aliphatic carbocycles. The summed E-state index contributed by atoms with van der Waals surface area (Å²) in [5, 5.41) is 12.2. The molecule has 0 aromatic rings. The third-order valence-electron chi connectivity index (χ3n) is 4.50. The van der Waals surface area contributed by atoms with Gasteiger partial charge in [-0.25, -0.2) is 0 Å². The molecule has 1 heterocycles. The number of likely N-dealkylation sites (tertiary alicyclic amines) is 1. The highest BCUT2D eigenvalue weighted by molar-refractivity contribution is 5.79. The zero-order valence-electron chi connectivity index (χ0n) is 11.9. The van der Waals surface area contributed by atoms with Gasteiger partial charge in [0, 0.05) is 12.6 Å². The summed E-state index contributed by atoms with van der Waals surface area (Å²) in [6.45, 7) is 5.91. The number of hydrogen-bond acceptors (Lipinski definition) is 4. The number of hydrogen-bond donors (Lipinski definition) is 2. The Balaban J connectivity index is 1.86. The Kier molecular flexibility index (Phi) is 4.12. The molecule has 2 fully saturated rings. The largest absolute Gasteiger partial charge is 0.337 e. The number of nitrogens with one attached hydrogen (secondary N) is 1. The molecule has 106 valence electrons. The van der Waals surface area contributed by atoms with E-state index < -0.39 is 5.54 Å². The van der Waals surface area contributed by atoms with Gasteiger partial charge in [-0.3, -0.25) is 9.69 Å². The van der Waals surface area contributed by atoms with E-state index in [0.717, 1.165) is 25.8 Å². The molecule has 1 saturated carbocycles. The predicted molar refractivity (Wildman–Crippen MR) is 73.1 cm³/mol. The van der Waals surface area contributed by atoms with E-state index in [-0.39, 0.29) is 5.91 Å². The van der Waals surface area contributed by atoms with Gasteiger partial charge in [-0.2, -0.15) is 5.26 Å². The average Bonchev–Trinajstić information content (AvgIpc) is 3.16. The van der Waals surface area contributed by atoms with E-state index >= 15 is 0 Å². The summed E-state index contributed by atoms with van der Waals surface area (Å²) in [7, 11) is 0. The summed E-state index contributed by atoms with van der Waals surface area (Å²) in [5.41, 5.74) is 5.00. The Morgan fingerprint density at radius 3 is 2.74 bits per heavy atom. The Morgan fingerprint density at radius 2 is 2.26 bits per heavy atom. The summed E-state index contributed by atoms with van der Waals surface area (Å²) in [6, 6.07) is 2.65. The summed E-state index contributed by atoms with van der Waals surface area (Å²) in [4.78, 5) is 14.3. The zero-order valence-corrected chi connectivity index (χ0v) is 11.9. The third-order valence-corrected chi connectivity index (χ3v) is 4.50. The van der Waals surface area contributed by atoms with E-state index in [4.69, 9.17) is 5.73 Å². The molecular formula is C14H24N4O. The molecule has 3 N–H and O–H groups in total. The van der Waals surface area contributed by atoms with E-state index in [9.17, 15) is 10.1 Å². The molecule has 0 aromatic carbocycles. The smallest absolute Gasteiger partial charge is 0.235 e. The fraction of sp³-hybridized carbons (Fsp3) is 0.857. The highest BCUT2D eigenvalue weighted by Gasteiger charge is 2.43. The molecule has 2 aliphatic rings. The quantitative estimate of drug-likeness (QED) is 0.756. The molecule has 0 spiro atoms. The van der Waals surface area contributed by atoms with Gasteiger partial charge >= 0.3 is 0 Å². The van der Waals surface area contributed by atoms with Crippen LogP contribution in [0.5, 0.6) is 0 Å². The number of amides is 1. The van der Waals surface area contributed by atoms with Crippen molar-refractivity contribution in [3.05, 3.63) is 0 Å². The predicted octanol–water partition coefficient (Wildman–Crippen LogP) is 0.464. The molecule has 2 rings (SSSR count). The van der Waals surface area contributed by atoms with Gasteiger partial charge in [0.25, 0.3) is 0 Å². The average molecular weight is 264 g/mol. The highest BCUT2D eigenvalue weighted by Crippen LogP contribution is 2.39. The van der Waals surface area contributed by atoms with Gasteiger partial charge < -0.3 is 11.1 Å². The third kappa shape index (κ3) is 3.26. The molecule has 1 saturated heterocycles. The number of nitrogens with two attached hydrogens (primary N) is 1. The number of carbonyl (C=O) groups excluding carboxylic acids is 1. The van der Waals surface area contributed by atoms with Crippen LogP contribution in [-0.2, 0) is 4.79 Å². The summed E-state index contributed by atoms with van der Waals surface area (Å²) >= 11 is 0. The molecule has 3 unspecified atom stereocenters. The van der Waals surface area contributed by atoms with Crippen molar-refractivity contribution in [1.29, 1.82) is 5.26 Å². The van der Waals surface area contributed by atoms with Gasteiger partial charge in [-0.15, -0.1) is 0 Å². The second kappa shape index (κ2) is 5.48. The van der Waals surface area contributed by atoms with Gasteiger partial charge in [-0.05, 0) is 51.5 Å². The molecule has 1 aliphatic heterocycles.